The molecule has 0 aromatic heterocycles. The van der Waals surface area contributed by atoms with Crippen molar-refractivity contribution in [1.82, 2.24) is 10.2 Å². The lowest BCUT2D eigenvalue weighted by molar-refractivity contribution is 0.314. The molecule has 15 heavy (non-hydrogen) atoms. The van der Waals surface area contributed by atoms with E-state index < -0.39 is 0 Å². The fourth-order valence-corrected chi connectivity index (χ4v) is 2.65. The minimum atomic E-state index is 0.640. The van der Waals surface area contributed by atoms with Crippen LogP contribution in [0.5, 0.6) is 0 Å². The highest BCUT2D eigenvalue weighted by Crippen LogP contribution is 2.33. The van der Waals surface area contributed by atoms with E-state index in [1.165, 1.54) is 51.7 Å². The lowest BCUT2D eigenvalue weighted by Gasteiger charge is -2.18. The van der Waals surface area contributed by atoms with E-state index >= 15 is 0 Å². The molecule has 1 aliphatic carbocycles. The van der Waals surface area contributed by atoms with Gasteiger partial charge in [-0.1, -0.05) is 26.7 Å². The van der Waals surface area contributed by atoms with E-state index in [2.05, 4.69) is 24.1 Å². The normalized spacial score (nSPS) is 27.8. The summed E-state index contributed by atoms with van der Waals surface area (Å²) in [6.45, 7) is 8.43. The summed E-state index contributed by atoms with van der Waals surface area (Å²) in [5.74, 6) is 1.11. The number of likely N-dealkylation sites (tertiary alicyclic amines) is 1. The molecule has 2 aliphatic rings. The largest absolute Gasteiger partial charge is 0.310 e. The van der Waals surface area contributed by atoms with Crippen molar-refractivity contribution in [2.24, 2.45) is 5.92 Å². The maximum Gasteiger partial charge on any atom is 0.0209 e. The van der Waals surface area contributed by atoms with Gasteiger partial charge in [0.25, 0.3) is 0 Å². The predicted octanol–water partition coefficient (Wildman–Crippen LogP) is 2.25. The molecule has 1 heterocycles. The van der Waals surface area contributed by atoms with Crippen molar-refractivity contribution in [2.75, 3.05) is 19.6 Å². The van der Waals surface area contributed by atoms with Gasteiger partial charge in [-0.3, -0.25) is 0 Å². The lowest BCUT2D eigenvalue weighted by Crippen LogP contribution is -2.37. The number of nitrogens with one attached hydrogen (secondary N) is 1. The topological polar surface area (TPSA) is 15.3 Å². The summed E-state index contributed by atoms with van der Waals surface area (Å²) in [5.41, 5.74) is 0. The third-order valence-electron chi connectivity index (χ3n) is 3.63. The van der Waals surface area contributed by atoms with Gasteiger partial charge in [-0.15, -0.1) is 0 Å². The van der Waals surface area contributed by atoms with E-state index in [0.717, 1.165) is 12.0 Å². The SMILES string of the molecule is CC(C)NC1CCN(CCCC2CC2)C1. The Balaban J connectivity index is 1.55. The Morgan fingerprint density at radius 2 is 2.07 bits per heavy atom. The average Bonchev–Trinajstić information content (AvgIpc) is 2.88. The molecule has 0 radical (unpaired) electrons. The van der Waals surface area contributed by atoms with E-state index in [0.29, 0.717) is 6.04 Å². The molecular formula is C13H26N2. The van der Waals surface area contributed by atoms with E-state index in [4.69, 9.17) is 0 Å². The molecule has 1 atom stereocenters. The van der Waals surface area contributed by atoms with Crippen LogP contribution in [0.3, 0.4) is 0 Å². The van der Waals surface area contributed by atoms with Crippen LogP contribution in [0.2, 0.25) is 0 Å². The highest BCUT2D eigenvalue weighted by atomic mass is 15.2. The molecule has 1 saturated heterocycles. The van der Waals surface area contributed by atoms with Gasteiger partial charge in [0.2, 0.25) is 0 Å². The lowest BCUT2D eigenvalue weighted by atomic mass is 10.2. The fourth-order valence-electron chi connectivity index (χ4n) is 2.65. The summed E-state index contributed by atoms with van der Waals surface area (Å²) < 4.78 is 0. The van der Waals surface area contributed by atoms with Gasteiger partial charge >= 0.3 is 0 Å². The molecule has 0 aromatic rings. The summed E-state index contributed by atoms with van der Waals surface area (Å²) in [6, 6.07) is 1.40. The van der Waals surface area contributed by atoms with Gasteiger partial charge in [0.15, 0.2) is 0 Å². The van der Waals surface area contributed by atoms with Gasteiger partial charge in [0, 0.05) is 18.6 Å². The molecule has 0 bridgehead atoms. The smallest absolute Gasteiger partial charge is 0.0209 e. The van der Waals surface area contributed by atoms with Gasteiger partial charge < -0.3 is 10.2 Å². The summed E-state index contributed by atoms with van der Waals surface area (Å²) in [6.07, 6.45) is 7.29. The monoisotopic (exact) mass is 210 g/mol. The Bertz CT molecular complexity index is 187. The third-order valence-corrected chi connectivity index (χ3v) is 3.63. The van der Waals surface area contributed by atoms with Crippen LogP contribution in [0, 0.1) is 5.92 Å². The highest BCUT2D eigenvalue weighted by molar-refractivity contribution is 4.82. The van der Waals surface area contributed by atoms with Crippen LogP contribution in [0.4, 0.5) is 0 Å². The van der Waals surface area contributed by atoms with Crippen LogP contribution in [0.1, 0.15) is 46.0 Å². The minimum Gasteiger partial charge on any atom is -0.310 e. The van der Waals surface area contributed by atoms with Gasteiger partial charge in [-0.2, -0.15) is 0 Å². The van der Waals surface area contributed by atoms with Crippen LogP contribution in [-0.2, 0) is 0 Å². The first-order valence-electron chi connectivity index (χ1n) is 6.72. The van der Waals surface area contributed by atoms with E-state index in [1.807, 2.05) is 0 Å². The highest BCUT2D eigenvalue weighted by Gasteiger charge is 2.24. The average molecular weight is 210 g/mol. The Hall–Kier alpha value is -0.0800. The quantitative estimate of drug-likeness (QED) is 0.723. The first-order valence-corrected chi connectivity index (χ1v) is 6.72. The fraction of sp³-hybridized carbons (Fsp3) is 1.00. The van der Waals surface area contributed by atoms with Gasteiger partial charge in [-0.05, 0) is 38.3 Å². The third kappa shape index (κ3) is 4.12. The van der Waals surface area contributed by atoms with Crippen LogP contribution in [0.15, 0.2) is 0 Å². The Kier molecular flexibility index (Phi) is 4.04. The second-order valence-electron chi connectivity index (χ2n) is 5.69. The molecule has 1 saturated carbocycles. The first kappa shape index (κ1) is 11.4. The number of nitrogens with zero attached hydrogens (tertiary/aromatic N) is 1. The Morgan fingerprint density at radius 3 is 2.73 bits per heavy atom. The second kappa shape index (κ2) is 5.31. The van der Waals surface area contributed by atoms with E-state index in [1.54, 1.807) is 0 Å². The van der Waals surface area contributed by atoms with Crippen LogP contribution >= 0.6 is 0 Å². The maximum atomic E-state index is 3.64. The molecule has 0 amide bonds. The molecule has 1 N–H and O–H groups in total. The second-order valence-corrected chi connectivity index (χ2v) is 5.69. The van der Waals surface area contributed by atoms with Gasteiger partial charge in [0.05, 0.1) is 0 Å². The Labute approximate surface area is 94.4 Å². The molecule has 2 nitrogen and oxygen atoms in total. The van der Waals surface area contributed by atoms with Crippen molar-refractivity contribution < 1.29 is 0 Å². The van der Waals surface area contributed by atoms with Crippen LogP contribution in [0.25, 0.3) is 0 Å². The summed E-state index contributed by atoms with van der Waals surface area (Å²) >= 11 is 0. The van der Waals surface area contributed by atoms with Crippen LogP contribution < -0.4 is 5.32 Å². The van der Waals surface area contributed by atoms with Crippen LogP contribution in [-0.4, -0.2) is 36.6 Å². The number of rotatable bonds is 6. The zero-order chi connectivity index (χ0) is 10.7. The number of hydrogen-bond acceptors (Lipinski definition) is 2. The molecular weight excluding hydrogens is 184 g/mol. The van der Waals surface area contributed by atoms with Gasteiger partial charge in [0.1, 0.15) is 0 Å². The van der Waals surface area contributed by atoms with Crippen molar-refractivity contribution in [2.45, 2.75) is 58.0 Å². The van der Waals surface area contributed by atoms with Crippen molar-refractivity contribution in [3.8, 4) is 0 Å². The standard InChI is InChI=1S/C13H26N2/c1-11(2)14-13-7-9-15(10-13)8-3-4-12-5-6-12/h11-14H,3-10H2,1-2H3. The Morgan fingerprint density at radius 1 is 1.27 bits per heavy atom. The molecule has 1 aliphatic heterocycles. The number of hydrogen-bond donors (Lipinski definition) is 1. The summed E-state index contributed by atoms with van der Waals surface area (Å²) in [4.78, 5) is 2.64. The summed E-state index contributed by atoms with van der Waals surface area (Å²) in [7, 11) is 0. The zero-order valence-corrected chi connectivity index (χ0v) is 10.3. The molecule has 0 spiro atoms. The summed E-state index contributed by atoms with van der Waals surface area (Å²) in [5, 5.41) is 3.64. The molecule has 1 unspecified atom stereocenters. The minimum absolute atomic E-state index is 0.640. The maximum absolute atomic E-state index is 3.64. The van der Waals surface area contributed by atoms with Crippen molar-refractivity contribution in [1.29, 1.82) is 0 Å². The zero-order valence-electron chi connectivity index (χ0n) is 10.3. The predicted molar refractivity (Wildman–Crippen MR) is 65.1 cm³/mol. The van der Waals surface area contributed by atoms with Crippen molar-refractivity contribution in [3.63, 3.8) is 0 Å². The molecule has 2 fully saturated rings. The van der Waals surface area contributed by atoms with E-state index in [-0.39, 0.29) is 0 Å². The van der Waals surface area contributed by atoms with E-state index in [9.17, 15) is 0 Å². The van der Waals surface area contributed by atoms with Gasteiger partial charge in [-0.25, -0.2) is 0 Å². The molecule has 2 heteroatoms. The molecule has 0 aromatic carbocycles. The first-order chi connectivity index (χ1) is 7.24. The van der Waals surface area contributed by atoms with Crippen molar-refractivity contribution >= 4 is 0 Å². The molecule has 2 rings (SSSR count). The van der Waals surface area contributed by atoms with Crippen molar-refractivity contribution in [3.05, 3.63) is 0 Å². The molecule has 88 valence electrons.